The van der Waals surface area contributed by atoms with Gasteiger partial charge in [0.1, 0.15) is 0 Å². The minimum absolute atomic E-state index is 0.0533. The summed E-state index contributed by atoms with van der Waals surface area (Å²) in [5, 5.41) is 0. The molecule has 5 heavy (non-hydrogen) atoms. The van der Waals surface area contributed by atoms with Crippen molar-refractivity contribution in [2.45, 2.75) is 20.8 Å². The molecular weight excluding hydrogens is 160 g/mol. The molecule has 0 unspecified atom stereocenters. The molecule has 0 N–H and O–H groups in total. The summed E-state index contributed by atoms with van der Waals surface area (Å²) in [6.45, 7) is 0. The first-order chi connectivity index (χ1) is 2.50. The molecular formula is C4H8Cd. The summed E-state index contributed by atoms with van der Waals surface area (Å²) in [6.07, 6.45) is 3.19. The molecule has 0 aromatic carbocycles. The van der Waals surface area contributed by atoms with Crippen molar-refractivity contribution in [2.24, 2.45) is 0 Å². The van der Waals surface area contributed by atoms with E-state index in [1.165, 1.54) is 0 Å². The molecule has 0 aromatic heterocycles. The van der Waals surface area contributed by atoms with Gasteiger partial charge in [-0.25, -0.2) is 0 Å². The van der Waals surface area contributed by atoms with Gasteiger partial charge in [0.25, 0.3) is 0 Å². The van der Waals surface area contributed by atoms with Gasteiger partial charge in [-0.1, -0.05) is 0 Å². The summed E-state index contributed by atoms with van der Waals surface area (Å²) in [7, 11) is 0. The molecule has 0 atom stereocenters. The van der Waals surface area contributed by atoms with Crippen molar-refractivity contribution in [3.05, 3.63) is 0 Å². The number of hydrogen-bond acceptors (Lipinski definition) is 0. The summed E-state index contributed by atoms with van der Waals surface area (Å²) in [6, 6.07) is 0. The zero-order chi connectivity index (χ0) is 3.54. The Bertz CT molecular complexity index is 15.2. The Balaban J connectivity index is 2.08. The summed E-state index contributed by atoms with van der Waals surface area (Å²) in [5.74, 6) is 0. The minimum atomic E-state index is 0.0533. The van der Waals surface area contributed by atoms with Crippen molar-refractivity contribution in [1.82, 2.24) is 0 Å². The van der Waals surface area contributed by atoms with E-state index >= 15 is 0 Å². The molecule has 1 heterocycles. The first-order valence-corrected chi connectivity index (χ1v) is 8.21. The van der Waals surface area contributed by atoms with Crippen molar-refractivity contribution < 1.29 is 24.2 Å². The van der Waals surface area contributed by atoms with Gasteiger partial charge in [0.05, 0.1) is 0 Å². The zero-order valence-corrected chi connectivity index (χ0v) is 7.57. The quantitative estimate of drug-likeness (QED) is 0.483. The monoisotopic (exact) mass is 170 g/mol. The fourth-order valence-electron chi connectivity index (χ4n) is 0.884. The van der Waals surface area contributed by atoms with Crippen LogP contribution in [0, 0.1) is 0 Å². The van der Waals surface area contributed by atoms with Gasteiger partial charge in [-0.3, -0.25) is 0 Å². The molecule has 1 heteroatoms. The van der Waals surface area contributed by atoms with Gasteiger partial charge in [0, 0.05) is 0 Å². The van der Waals surface area contributed by atoms with Gasteiger partial charge in [0.2, 0.25) is 0 Å². The second kappa shape index (κ2) is 2.16. The van der Waals surface area contributed by atoms with E-state index in [0.717, 1.165) is 0 Å². The van der Waals surface area contributed by atoms with Gasteiger partial charge in [-0.15, -0.1) is 0 Å². The van der Waals surface area contributed by atoms with Crippen LogP contribution < -0.4 is 0 Å². The molecule has 1 fully saturated rings. The van der Waals surface area contributed by atoms with E-state index in [2.05, 4.69) is 0 Å². The fourth-order valence-corrected chi connectivity index (χ4v) is 5.93. The molecule has 0 radical (unpaired) electrons. The van der Waals surface area contributed by atoms with Crippen LogP contribution in [-0.2, 0) is 24.2 Å². The third-order valence-corrected chi connectivity index (χ3v) is 6.96. The SMILES string of the molecule is C1C[CH2][Cd][CH2]1. The Kier molecular flexibility index (Phi) is 1.77. The predicted molar refractivity (Wildman–Crippen MR) is 18.8 cm³/mol. The van der Waals surface area contributed by atoms with Crippen LogP contribution in [-0.4, -0.2) is 0 Å². The summed E-state index contributed by atoms with van der Waals surface area (Å²) >= 11 is 0.0533. The van der Waals surface area contributed by atoms with E-state index in [-0.39, 0.29) is 24.2 Å². The molecule has 0 aromatic rings. The summed E-state index contributed by atoms with van der Waals surface area (Å²) in [4.78, 5) is 0. The maximum atomic E-state index is 1.71. The molecule has 1 saturated heterocycles. The Morgan fingerprint density at radius 2 is 1.60 bits per heavy atom. The molecule has 0 nitrogen and oxygen atoms in total. The van der Waals surface area contributed by atoms with Gasteiger partial charge in [-0.05, 0) is 0 Å². The van der Waals surface area contributed by atoms with E-state index in [1.54, 1.807) is 20.8 Å². The normalized spacial score (nSPS) is 20.8. The van der Waals surface area contributed by atoms with Crippen LogP contribution in [0.15, 0.2) is 0 Å². The van der Waals surface area contributed by atoms with E-state index in [1.807, 2.05) is 0 Å². The average molecular weight is 169 g/mol. The van der Waals surface area contributed by atoms with E-state index < -0.39 is 0 Å². The van der Waals surface area contributed by atoms with E-state index in [0.29, 0.717) is 0 Å². The van der Waals surface area contributed by atoms with Crippen LogP contribution in [0.2, 0.25) is 7.96 Å². The first-order valence-electron chi connectivity index (χ1n) is 2.50. The van der Waals surface area contributed by atoms with Crippen LogP contribution in [0.4, 0.5) is 0 Å². The van der Waals surface area contributed by atoms with Gasteiger partial charge >= 0.3 is 45.0 Å². The van der Waals surface area contributed by atoms with Gasteiger partial charge < -0.3 is 0 Å². The van der Waals surface area contributed by atoms with Crippen LogP contribution in [0.1, 0.15) is 12.8 Å². The number of hydrogen-bond donors (Lipinski definition) is 0. The topological polar surface area (TPSA) is 0 Å². The molecule has 0 aliphatic carbocycles. The second-order valence-corrected chi connectivity index (χ2v) is 7.82. The summed E-state index contributed by atoms with van der Waals surface area (Å²) < 4.78 is 3.42. The van der Waals surface area contributed by atoms with Crippen molar-refractivity contribution in [2.75, 3.05) is 0 Å². The fraction of sp³-hybridized carbons (Fsp3) is 1.00. The second-order valence-electron chi connectivity index (χ2n) is 1.77. The molecule has 1 aliphatic rings. The van der Waals surface area contributed by atoms with E-state index in [4.69, 9.17) is 0 Å². The average Bonchev–Trinajstić information content (AvgIpc) is 1.76. The van der Waals surface area contributed by atoms with Gasteiger partial charge in [0.15, 0.2) is 0 Å². The Morgan fingerprint density at radius 1 is 1.00 bits per heavy atom. The van der Waals surface area contributed by atoms with Crippen LogP contribution in [0.25, 0.3) is 0 Å². The molecule has 1 aliphatic heterocycles. The van der Waals surface area contributed by atoms with Crippen LogP contribution in [0.3, 0.4) is 0 Å². The zero-order valence-electron chi connectivity index (χ0n) is 3.54. The third-order valence-electron chi connectivity index (χ3n) is 1.25. The van der Waals surface area contributed by atoms with E-state index in [9.17, 15) is 0 Å². The van der Waals surface area contributed by atoms with Crippen molar-refractivity contribution in [3.63, 3.8) is 0 Å². The first kappa shape index (κ1) is 4.09. The van der Waals surface area contributed by atoms with Crippen LogP contribution in [0.5, 0.6) is 0 Å². The molecule has 1 rings (SSSR count). The molecule has 0 amide bonds. The van der Waals surface area contributed by atoms with Crippen molar-refractivity contribution >= 4 is 0 Å². The van der Waals surface area contributed by atoms with Crippen molar-refractivity contribution in [1.29, 1.82) is 0 Å². The standard InChI is InChI=1S/C4H8.Cd/c1-3-4-2;/h1-4H2;. The Morgan fingerprint density at radius 3 is 1.80 bits per heavy atom. The third kappa shape index (κ3) is 1.20. The molecule has 0 spiro atoms. The number of rotatable bonds is 0. The molecule has 0 saturated carbocycles. The Labute approximate surface area is 45.2 Å². The van der Waals surface area contributed by atoms with Crippen LogP contribution >= 0.6 is 0 Å². The molecule has 26 valence electrons. The maximum absolute atomic E-state index is 1.71. The van der Waals surface area contributed by atoms with Gasteiger partial charge in [-0.2, -0.15) is 0 Å². The van der Waals surface area contributed by atoms with Crippen molar-refractivity contribution in [3.8, 4) is 0 Å². The predicted octanol–water partition coefficient (Wildman–Crippen LogP) is 1.70. The summed E-state index contributed by atoms with van der Waals surface area (Å²) in [5.41, 5.74) is 0. The Hall–Kier alpha value is 0.922. The molecule has 0 bridgehead atoms.